The van der Waals surface area contributed by atoms with E-state index < -0.39 is 0 Å². The van der Waals surface area contributed by atoms with E-state index in [1.165, 1.54) is 0 Å². The summed E-state index contributed by atoms with van der Waals surface area (Å²) in [6.45, 7) is 10.1. The van der Waals surface area contributed by atoms with Crippen LogP contribution in [0.5, 0.6) is 5.75 Å². The van der Waals surface area contributed by atoms with E-state index in [0.29, 0.717) is 0 Å². The number of rotatable bonds is 9. The predicted molar refractivity (Wildman–Crippen MR) is 74.9 cm³/mol. The molecule has 1 rings (SSSR count). The Bertz CT molecular complexity index is 360. The van der Waals surface area contributed by atoms with Gasteiger partial charge in [-0.05, 0) is 25.8 Å². The van der Waals surface area contributed by atoms with Crippen LogP contribution in [0.25, 0.3) is 0 Å². The molecule has 18 heavy (non-hydrogen) atoms. The van der Waals surface area contributed by atoms with E-state index in [-0.39, 0.29) is 6.04 Å². The van der Waals surface area contributed by atoms with E-state index in [1.54, 1.807) is 13.3 Å². The first-order valence-corrected chi connectivity index (χ1v) is 6.72. The van der Waals surface area contributed by atoms with Gasteiger partial charge < -0.3 is 10.1 Å². The highest BCUT2D eigenvalue weighted by Crippen LogP contribution is 2.27. The van der Waals surface area contributed by atoms with Gasteiger partial charge in [0.05, 0.1) is 25.0 Å². The molecule has 0 saturated carbocycles. The van der Waals surface area contributed by atoms with Gasteiger partial charge in [-0.25, -0.2) is 0 Å². The van der Waals surface area contributed by atoms with E-state index >= 15 is 0 Å². The van der Waals surface area contributed by atoms with Gasteiger partial charge in [0, 0.05) is 6.54 Å². The molecule has 4 nitrogen and oxygen atoms in total. The third-order valence-corrected chi connectivity index (χ3v) is 2.87. The lowest BCUT2D eigenvalue weighted by molar-refractivity contribution is 0.389. The maximum atomic E-state index is 5.42. The zero-order valence-corrected chi connectivity index (χ0v) is 11.8. The molecule has 0 bridgehead atoms. The van der Waals surface area contributed by atoms with Crippen LogP contribution in [-0.4, -0.2) is 23.4 Å². The minimum atomic E-state index is 0.228. The molecule has 0 radical (unpaired) electrons. The fourth-order valence-electron chi connectivity index (χ4n) is 2.05. The van der Waals surface area contributed by atoms with E-state index in [2.05, 4.69) is 30.8 Å². The summed E-state index contributed by atoms with van der Waals surface area (Å²) >= 11 is 0. The van der Waals surface area contributed by atoms with E-state index in [9.17, 15) is 0 Å². The van der Waals surface area contributed by atoms with Crippen molar-refractivity contribution in [3.8, 4) is 5.75 Å². The lowest BCUT2D eigenvalue weighted by atomic mass is 10.1. The molecular weight excluding hydrogens is 226 g/mol. The highest BCUT2D eigenvalue weighted by Gasteiger charge is 2.20. The van der Waals surface area contributed by atoms with Gasteiger partial charge >= 0.3 is 0 Å². The van der Waals surface area contributed by atoms with Crippen LogP contribution in [0.15, 0.2) is 18.9 Å². The molecule has 1 aromatic rings. The summed E-state index contributed by atoms with van der Waals surface area (Å²) in [5.74, 6) is 0.860. The molecular formula is C14H25N3O. The van der Waals surface area contributed by atoms with E-state index in [1.807, 2.05) is 10.8 Å². The molecule has 0 aliphatic rings. The van der Waals surface area contributed by atoms with Crippen molar-refractivity contribution in [1.29, 1.82) is 0 Å². The highest BCUT2D eigenvalue weighted by atomic mass is 16.5. The molecule has 0 aliphatic heterocycles. The average Bonchev–Trinajstić information content (AvgIpc) is 2.78. The summed E-state index contributed by atoms with van der Waals surface area (Å²) in [5.41, 5.74) is 1.13. The van der Waals surface area contributed by atoms with Crippen LogP contribution in [0.4, 0.5) is 0 Å². The van der Waals surface area contributed by atoms with Gasteiger partial charge in [0.2, 0.25) is 0 Å². The lowest BCUT2D eigenvalue weighted by Gasteiger charge is -2.19. The number of methoxy groups -OCH3 is 1. The Hall–Kier alpha value is -1.29. The summed E-state index contributed by atoms with van der Waals surface area (Å²) in [4.78, 5) is 0. The SMILES string of the molecule is C=CCC(NCCC)c1c(OC)cnn1CCC. The van der Waals surface area contributed by atoms with Crippen LogP contribution in [0, 0.1) is 0 Å². The first-order chi connectivity index (χ1) is 8.78. The maximum Gasteiger partial charge on any atom is 0.161 e. The monoisotopic (exact) mass is 251 g/mol. The topological polar surface area (TPSA) is 39.1 Å². The van der Waals surface area contributed by atoms with Gasteiger partial charge in [-0.1, -0.05) is 19.9 Å². The Morgan fingerprint density at radius 2 is 2.28 bits per heavy atom. The van der Waals surface area contributed by atoms with Gasteiger partial charge in [-0.15, -0.1) is 6.58 Å². The smallest absolute Gasteiger partial charge is 0.161 e. The standard InChI is InChI=1S/C14H25N3O/c1-5-8-12(15-9-6-2)14-13(18-4)11-16-17(14)10-7-3/h5,11-12,15H,1,6-10H2,2-4H3. The molecule has 1 heterocycles. The molecule has 0 spiro atoms. The molecule has 0 aliphatic carbocycles. The van der Waals surface area contributed by atoms with Crippen molar-refractivity contribution in [3.05, 3.63) is 24.5 Å². The Balaban J connectivity index is 2.98. The van der Waals surface area contributed by atoms with Gasteiger partial charge in [0.25, 0.3) is 0 Å². The van der Waals surface area contributed by atoms with Crippen molar-refractivity contribution < 1.29 is 4.74 Å². The Labute approximate surface area is 110 Å². The Kier molecular flexibility index (Phi) is 6.50. The third kappa shape index (κ3) is 3.60. The van der Waals surface area contributed by atoms with Gasteiger partial charge in [-0.3, -0.25) is 4.68 Å². The number of aryl methyl sites for hydroxylation is 1. The number of nitrogens with one attached hydrogen (secondary N) is 1. The average molecular weight is 251 g/mol. The van der Waals surface area contributed by atoms with Crippen molar-refractivity contribution >= 4 is 0 Å². The van der Waals surface area contributed by atoms with Crippen LogP contribution in [0.3, 0.4) is 0 Å². The molecule has 0 amide bonds. The van der Waals surface area contributed by atoms with Crippen molar-refractivity contribution in [2.45, 2.75) is 45.7 Å². The minimum Gasteiger partial charge on any atom is -0.493 e. The lowest BCUT2D eigenvalue weighted by Crippen LogP contribution is -2.25. The minimum absolute atomic E-state index is 0.228. The van der Waals surface area contributed by atoms with Crippen LogP contribution < -0.4 is 10.1 Å². The van der Waals surface area contributed by atoms with Gasteiger partial charge in [-0.2, -0.15) is 5.10 Å². The fourth-order valence-corrected chi connectivity index (χ4v) is 2.05. The predicted octanol–water partition coefficient (Wildman–Crippen LogP) is 2.92. The molecule has 1 unspecified atom stereocenters. The molecule has 102 valence electrons. The maximum absolute atomic E-state index is 5.42. The molecule has 1 N–H and O–H groups in total. The molecule has 1 atom stereocenters. The largest absolute Gasteiger partial charge is 0.493 e. The van der Waals surface area contributed by atoms with Crippen LogP contribution >= 0.6 is 0 Å². The zero-order chi connectivity index (χ0) is 13.4. The second-order valence-corrected chi connectivity index (χ2v) is 4.35. The second-order valence-electron chi connectivity index (χ2n) is 4.35. The molecule has 0 aromatic carbocycles. The summed E-state index contributed by atoms with van der Waals surface area (Å²) in [6.07, 6.45) is 6.79. The Morgan fingerprint density at radius 3 is 2.83 bits per heavy atom. The highest BCUT2D eigenvalue weighted by molar-refractivity contribution is 5.28. The molecule has 1 aromatic heterocycles. The van der Waals surface area contributed by atoms with Crippen LogP contribution in [0.2, 0.25) is 0 Å². The first kappa shape index (κ1) is 14.8. The number of hydrogen-bond acceptors (Lipinski definition) is 3. The van der Waals surface area contributed by atoms with Gasteiger partial charge in [0.1, 0.15) is 0 Å². The molecule has 0 fully saturated rings. The number of hydrogen-bond donors (Lipinski definition) is 1. The fraction of sp³-hybridized carbons (Fsp3) is 0.643. The number of nitrogens with zero attached hydrogens (tertiary/aromatic N) is 2. The summed E-state index contributed by atoms with van der Waals surface area (Å²) < 4.78 is 7.46. The van der Waals surface area contributed by atoms with Crippen molar-refractivity contribution in [1.82, 2.24) is 15.1 Å². The van der Waals surface area contributed by atoms with E-state index in [0.717, 1.165) is 43.8 Å². The summed E-state index contributed by atoms with van der Waals surface area (Å²) in [6, 6.07) is 0.228. The van der Waals surface area contributed by atoms with Crippen molar-refractivity contribution in [3.63, 3.8) is 0 Å². The van der Waals surface area contributed by atoms with Crippen molar-refractivity contribution in [2.75, 3.05) is 13.7 Å². The summed E-state index contributed by atoms with van der Waals surface area (Å²) in [5, 5.41) is 7.94. The number of ether oxygens (including phenoxy) is 1. The Morgan fingerprint density at radius 1 is 1.50 bits per heavy atom. The van der Waals surface area contributed by atoms with Crippen molar-refractivity contribution in [2.24, 2.45) is 0 Å². The first-order valence-electron chi connectivity index (χ1n) is 6.72. The van der Waals surface area contributed by atoms with Crippen LogP contribution in [-0.2, 0) is 6.54 Å². The quantitative estimate of drug-likeness (QED) is 0.686. The second kappa shape index (κ2) is 7.93. The third-order valence-electron chi connectivity index (χ3n) is 2.87. The van der Waals surface area contributed by atoms with Crippen LogP contribution in [0.1, 0.15) is 44.8 Å². The normalized spacial score (nSPS) is 12.4. The molecule has 4 heteroatoms. The van der Waals surface area contributed by atoms with E-state index in [4.69, 9.17) is 4.74 Å². The molecule has 0 saturated heterocycles. The summed E-state index contributed by atoms with van der Waals surface area (Å²) in [7, 11) is 1.70. The zero-order valence-electron chi connectivity index (χ0n) is 11.8. The van der Waals surface area contributed by atoms with Gasteiger partial charge in [0.15, 0.2) is 5.75 Å². The number of aromatic nitrogens is 2.